The number of phenols is 1. The number of nitrogens with one attached hydrogen (secondary N) is 1. The van der Waals surface area contributed by atoms with Gasteiger partial charge < -0.3 is 10.1 Å². The average Bonchev–Trinajstić information content (AvgIpc) is 2.98. The summed E-state index contributed by atoms with van der Waals surface area (Å²) in [7, 11) is 0. The van der Waals surface area contributed by atoms with Crippen molar-refractivity contribution in [2.75, 3.05) is 0 Å². The first-order chi connectivity index (χ1) is 11.6. The summed E-state index contributed by atoms with van der Waals surface area (Å²) in [6.07, 6.45) is 0. The maximum atomic E-state index is 10.8. The first-order valence-corrected chi connectivity index (χ1v) is 7.98. The van der Waals surface area contributed by atoms with Gasteiger partial charge in [0.1, 0.15) is 11.6 Å². The van der Waals surface area contributed by atoms with Crippen LogP contribution in [-0.4, -0.2) is 15.1 Å². The third-order valence-corrected chi connectivity index (χ3v) is 4.47. The van der Waals surface area contributed by atoms with E-state index in [0.717, 1.165) is 22.2 Å². The number of hydrogen-bond donors (Lipinski definition) is 2. The minimum absolute atomic E-state index is 0.246. The van der Waals surface area contributed by atoms with Crippen LogP contribution in [0.5, 0.6) is 5.75 Å². The molecule has 1 heterocycles. The molecule has 0 aliphatic carbocycles. The van der Waals surface area contributed by atoms with E-state index in [2.05, 4.69) is 35.9 Å². The molecule has 0 saturated heterocycles. The van der Waals surface area contributed by atoms with Gasteiger partial charge in [0.25, 0.3) is 0 Å². The van der Waals surface area contributed by atoms with Crippen LogP contribution < -0.4 is 0 Å². The van der Waals surface area contributed by atoms with Crippen LogP contribution in [-0.2, 0) is 0 Å². The van der Waals surface area contributed by atoms with Gasteiger partial charge in [0.2, 0.25) is 0 Å². The summed E-state index contributed by atoms with van der Waals surface area (Å²) in [5, 5.41) is 10.8. The summed E-state index contributed by atoms with van der Waals surface area (Å²) in [6, 6.07) is 19.8. The number of aryl methyl sites for hydroxylation is 2. The molecule has 24 heavy (non-hydrogen) atoms. The van der Waals surface area contributed by atoms with Gasteiger partial charge in [-0.2, -0.15) is 0 Å². The number of phenolic OH excluding ortho intramolecular Hbond substituents is 1. The Labute approximate surface area is 140 Å². The smallest absolute Gasteiger partial charge is 0.142 e. The molecule has 0 fully saturated rings. The summed E-state index contributed by atoms with van der Waals surface area (Å²) >= 11 is 0. The number of para-hydroxylation sites is 1. The molecule has 0 aliphatic rings. The van der Waals surface area contributed by atoms with Crippen LogP contribution in [0.1, 0.15) is 11.1 Å². The monoisotopic (exact) mass is 314 g/mol. The van der Waals surface area contributed by atoms with Crippen LogP contribution in [0.2, 0.25) is 0 Å². The Bertz CT molecular complexity index is 994. The topological polar surface area (TPSA) is 48.9 Å². The van der Waals surface area contributed by atoms with Gasteiger partial charge in [0.15, 0.2) is 0 Å². The highest BCUT2D eigenvalue weighted by molar-refractivity contribution is 5.85. The number of rotatable bonds is 2. The molecule has 3 nitrogen and oxygen atoms in total. The zero-order valence-corrected chi connectivity index (χ0v) is 13.7. The first-order valence-electron chi connectivity index (χ1n) is 7.98. The lowest BCUT2D eigenvalue weighted by molar-refractivity contribution is 0.479. The number of aromatic nitrogens is 2. The van der Waals surface area contributed by atoms with Crippen molar-refractivity contribution >= 4 is 11.0 Å². The van der Waals surface area contributed by atoms with Crippen LogP contribution in [0.4, 0.5) is 0 Å². The average molecular weight is 314 g/mol. The van der Waals surface area contributed by atoms with E-state index in [1.165, 1.54) is 11.1 Å². The van der Waals surface area contributed by atoms with E-state index in [1.807, 2.05) is 48.5 Å². The van der Waals surface area contributed by atoms with Gasteiger partial charge >= 0.3 is 0 Å². The van der Waals surface area contributed by atoms with Crippen LogP contribution in [0.25, 0.3) is 33.5 Å². The van der Waals surface area contributed by atoms with Crippen molar-refractivity contribution in [1.82, 2.24) is 9.97 Å². The van der Waals surface area contributed by atoms with Crippen molar-refractivity contribution in [3.63, 3.8) is 0 Å². The second kappa shape index (κ2) is 5.53. The number of hydrogen-bond acceptors (Lipinski definition) is 2. The van der Waals surface area contributed by atoms with Gasteiger partial charge in [0, 0.05) is 5.56 Å². The highest BCUT2D eigenvalue weighted by Crippen LogP contribution is 2.37. The Balaban J connectivity index is 1.88. The molecule has 0 amide bonds. The molecule has 3 aromatic carbocycles. The molecule has 0 unspecified atom stereocenters. The molecule has 0 radical (unpaired) electrons. The minimum atomic E-state index is 0.246. The first kappa shape index (κ1) is 14.5. The molecule has 3 heteroatoms. The van der Waals surface area contributed by atoms with Crippen LogP contribution in [0.15, 0.2) is 60.7 Å². The molecule has 0 saturated carbocycles. The summed E-state index contributed by atoms with van der Waals surface area (Å²) in [5.41, 5.74) is 6.83. The fourth-order valence-corrected chi connectivity index (χ4v) is 2.98. The number of H-pyrrole nitrogens is 1. The van der Waals surface area contributed by atoms with Gasteiger partial charge in [-0.3, -0.25) is 0 Å². The van der Waals surface area contributed by atoms with Gasteiger partial charge in [-0.15, -0.1) is 0 Å². The number of fused-ring (bicyclic) bond motifs is 1. The van der Waals surface area contributed by atoms with E-state index in [1.54, 1.807) is 0 Å². The van der Waals surface area contributed by atoms with Crippen molar-refractivity contribution < 1.29 is 5.11 Å². The Morgan fingerprint density at radius 1 is 0.833 bits per heavy atom. The van der Waals surface area contributed by atoms with Crippen molar-refractivity contribution in [1.29, 1.82) is 0 Å². The number of nitrogens with zero attached hydrogens (tertiary/aromatic N) is 1. The summed E-state index contributed by atoms with van der Waals surface area (Å²) < 4.78 is 0. The van der Waals surface area contributed by atoms with E-state index >= 15 is 0 Å². The summed E-state index contributed by atoms with van der Waals surface area (Å²) in [4.78, 5) is 7.99. The SMILES string of the molecule is Cc1cc2nc(-c3cccc(-c4ccccc4)c3O)[nH]c2cc1C. The molecule has 0 bridgehead atoms. The molecule has 0 aliphatic heterocycles. The summed E-state index contributed by atoms with van der Waals surface area (Å²) in [5.74, 6) is 0.932. The van der Waals surface area contributed by atoms with Crippen molar-refractivity contribution in [3.05, 3.63) is 71.8 Å². The molecule has 0 spiro atoms. The van der Waals surface area contributed by atoms with Crippen LogP contribution in [0.3, 0.4) is 0 Å². The van der Waals surface area contributed by atoms with Crippen molar-refractivity contribution in [2.45, 2.75) is 13.8 Å². The largest absolute Gasteiger partial charge is 0.507 e. The predicted molar refractivity (Wildman–Crippen MR) is 98.1 cm³/mol. The second-order valence-corrected chi connectivity index (χ2v) is 6.11. The molecule has 2 N–H and O–H groups in total. The molecule has 4 aromatic rings. The lowest BCUT2D eigenvalue weighted by Gasteiger charge is -2.08. The Hall–Kier alpha value is -3.07. The van der Waals surface area contributed by atoms with Crippen molar-refractivity contribution in [2.24, 2.45) is 0 Å². The number of imidazole rings is 1. The molecule has 4 rings (SSSR count). The highest BCUT2D eigenvalue weighted by atomic mass is 16.3. The normalized spacial score (nSPS) is 11.1. The second-order valence-electron chi connectivity index (χ2n) is 6.11. The summed E-state index contributed by atoms with van der Waals surface area (Å²) in [6.45, 7) is 4.17. The zero-order valence-electron chi connectivity index (χ0n) is 13.7. The Morgan fingerprint density at radius 2 is 1.54 bits per heavy atom. The van der Waals surface area contributed by atoms with E-state index in [9.17, 15) is 5.11 Å². The number of aromatic amines is 1. The number of benzene rings is 3. The molecule has 1 aromatic heterocycles. The van der Waals surface area contributed by atoms with E-state index in [0.29, 0.717) is 11.4 Å². The van der Waals surface area contributed by atoms with Gasteiger partial charge in [0.05, 0.1) is 16.6 Å². The van der Waals surface area contributed by atoms with Crippen molar-refractivity contribution in [3.8, 4) is 28.3 Å². The number of aromatic hydroxyl groups is 1. The highest BCUT2D eigenvalue weighted by Gasteiger charge is 2.14. The minimum Gasteiger partial charge on any atom is -0.507 e. The maximum Gasteiger partial charge on any atom is 0.142 e. The van der Waals surface area contributed by atoms with Crippen LogP contribution in [0, 0.1) is 13.8 Å². The van der Waals surface area contributed by atoms with E-state index in [4.69, 9.17) is 0 Å². The third kappa shape index (κ3) is 2.35. The zero-order chi connectivity index (χ0) is 16.7. The van der Waals surface area contributed by atoms with Gasteiger partial charge in [-0.25, -0.2) is 4.98 Å². The van der Waals surface area contributed by atoms with E-state index in [-0.39, 0.29) is 5.75 Å². The van der Waals surface area contributed by atoms with Gasteiger partial charge in [-0.05, 0) is 48.7 Å². The fourth-order valence-electron chi connectivity index (χ4n) is 2.98. The van der Waals surface area contributed by atoms with Gasteiger partial charge in [-0.1, -0.05) is 42.5 Å². The Morgan fingerprint density at radius 3 is 2.33 bits per heavy atom. The lowest BCUT2D eigenvalue weighted by atomic mass is 10.0. The van der Waals surface area contributed by atoms with Crippen LogP contribution >= 0.6 is 0 Å². The lowest BCUT2D eigenvalue weighted by Crippen LogP contribution is -1.85. The molecular weight excluding hydrogens is 296 g/mol. The molecule has 118 valence electrons. The Kier molecular flexibility index (Phi) is 3.35. The maximum absolute atomic E-state index is 10.8. The third-order valence-electron chi connectivity index (χ3n) is 4.47. The fraction of sp³-hybridized carbons (Fsp3) is 0.0952. The predicted octanol–water partition coefficient (Wildman–Crippen LogP) is 5.22. The van der Waals surface area contributed by atoms with E-state index < -0.39 is 0 Å². The molecular formula is C21H18N2O. The standard InChI is InChI=1S/C21H18N2O/c1-13-11-18-19(12-14(13)2)23-21(22-18)17-10-6-9-16(20(17)24)15-7-4-3-5-8-15/h3-12,24H,1-2H3,(H,22,23). The molecule has 0 atom stereocenters. The quantitative estimate of drug-likeness (QED) is 0.533.